The van der Waals surface area contributed by atoms with E-state index in [1.807, 2.05) is 36.7 Å². The third-order valence-corrected chi connectivity index (χ3v) is 8.54. The summed E-state index contributed by atoms with van der Waals surface area (Å²) >= 11 is 0. The van der Waals surface area contributed by atoms with E-state index in [-0.39, 0.29) is 21.2 Å². The fourth-order valence-corrected chi connectivity index (χ4v) is 6.41. The van der Waals surface area contributed by atoms with Crippen molar-refractivity contribution < 1.29 is 19.3 Å². The van der Waals surface area contributed by atoms with E-state index in [0.29, 0.717) is 26.4 Å². The van der Waals surface area contributed by atoms with Crippen LogP contribution in [0.2, 0.25) is 0 Å². The van der Waals surface area contributed by atoms with Crippen LogP contribution in [0.1, 0.15) is 36.8 Å². The Balaban J connectivity index is 1.28. The van der Waals surface area contributed by atoms with Crippen LogP contribution < -0.4 is 0 Å². The van der Waals surface area contributed by atoms with Gasteiger partial charge in [-0.05, 0) is 71.3 Å². The molecule has 0 radical (unpaired) electrons. The molecule has 2 aromatic rings. The second-order valence-electron chi connectivity index (χ2n) is 11.5. The molecule has 12 heteroatoms. The summed E-state index contributed by atoms with van der Waals surface area (Å²) in [5.41, 5.74) is 8.34. The number of ether oxygens (including phenoxy) is 2. The molecule has 0 atom stereocenters. The first-order chi connectivity index (χ1) is 22.5. The largest absolute Gasteiger partial charge is 0.378 e. The average molecular weight is 625 g/mol. The number of nitro groups is 2. The van der Waals surface area contributed by atoms with Crippen molar-refractivity contribution in [3.8, 4) is 0 Å². The van der Waals surface area contributed by atoms with E-state index in [1.165, 1.54) is 12.1 Å². The lowest BCUT2D eigenvalue weighted by atomic mass is 10.1. The van der Waals surface area contributed by atoms with Gasteiger partial charge in [-0.3, -0.25) is 20.2 Å². The molecule has 46 heavy (non-hydrogen) atoms. The molecule has 2 heterocycles. The topological polar surface area (TPSA) is 136 Å². The van der Waals surface area contributed by atoms with Gasteiger partial charge in [0.15, 0.2) is 0 Å². The molecule has 2 saturated heterocycles. The number of nitro benzene ring substituents is 2. The predicted octanol–water partition coefficient (Wildman–Crippen LogP) is 5.79. The minimum absolute atomic E-state index is 0.0705. The van der Waals surface area contributed by atoms with Gasteiger partial charge in [-0.25, -0.2) is 0 Å². The zero-order valence-electron chi connectivity index (χ0n) is 25.5. The molecule has 0 N–H and O–H groups in total. The van der Waals surface area contributed by atoms with Crippen molar-refractivity contribution >= 4 is 36.0 Å². The fraction of sp³-hybridized carbons (Fsp3) is 0.353. The molecule has 0 saturated carbocycles. The van der Waals surface area contributed by atoms with E-state index in [0.717, 1.165) is 96.7 Å². The summed E-state index contributed by atoms with van der Waals surface area (Å²) in [5, 5.41) is 31.7. The summed E-state index contributed by atoms with van der Waals surface area (Å²) < 4.78 is 11.2. The van der Waals surface area contributed by atoms with Gasteiger partial charge in [0.25, 0.3) is 11.4 Å². The number of allylic oxidation sites excluding steroid dienone is 4. The van der Waals surface area contributed by atoms with E-state index in [9.17, 15) is 20.2 Å². The maximum absolute atomic E-state index is 11.3. The van der Waals surface area contributed by atoms with Crippen molar-refractivity contribution in [1.82, 2.24) is 9.80 Å². The number of rotatable bonds is 9. The molecule has 2 aromatic carbocycles. The quantitative estimate of drug-likeness (QED) is 0.194. The first kappa shape index (κ1) is 31.1. The summed E-state index contributed by atoms with van der Waals surface area (Å²) in [6.45, 7) is 5.61. The minimum Gasteiger partial charge on any atom is -0.378 e. The number of hydrogen-bond donors (Lipinski definition) is 0. The first-order valence-electron chi connectivity index (χ1n) is 15.5. The molecule has 0 bridgehead atoms. The van der Waals surface area contributed by atoms with Crippen LogP contribution in [0.15, 0.2) is 92.4 Å². The molecule has 238 valence electrons. The number of nitrogens with zero attached hydrogens (tertiary/aromatic N) is 6. The number of hydrogen-bond acceptors (Lipinski definition) is 10. The van der Waals surface area contributed by atoms with Crippen molar-refractivity contribution in [2.24, 2.45) is 10.2 Å². The Kier molecular flexibility index (Phi) is 9.75. The maximum Gasteiger partial charge on any atom is 0.270 e. The lowest BCUT2D eigenvalue weighted by Crippen LogP contribution is -2.36. The Morgan fingerprint density at radius 1 is 0.630 bits per heavy atom. The highest BCUT2D eigenvalue weighted by atomic mass is 16.6. The predicted molar refractivity (Wildman–Crippen MR) is 176 cm³/mol. The van der Waals surface area contributed by atoms with Crippen LogP contribution in [-0.4, -0.2) is 84.7 Å². The molecule has 2 fully saturated rings. The highest BCUT2D eigenvalue weighted by molar-refractivity contribution is 5.86. The van der Waals surface area contributed by atoms with Crippen LogP contribution >= 0.6 is 0 Å². The SMILES string of the molecule is O=[N+]([O-])c1cccc(/C=C2/CCC(C=N/N=C/C3=C(N4CCOCC4)C(=C/c4cccc([N+](=O)[O-])c4)/CC3)=C2N2CCOCC2)c1. The van der Waals surface area contributed by atoms with Crippen LogP contribution in [0.25, 0.3) is 12.2 Å². The fourth-order valence-electron chi connectivity index (χ4n) is 6.41. The summed E-state index contributed by atoms with van der Waals surface area (Å²) in [6.07, 6.45) is 10.9. The van der Waals surface area contributed by atoms with Crippen LogP contribution in [0.5, 0.6) is 0 Å². The lowest BCUT2D eigenvalue weighted by Gasteiger charge is -2.31. The first-order valence-corrected chi connectivity index (χ1v) is 15.5. The highest BCUT2D eigenvalue weighted by Gasteiger charge is 2.27. The van der Waals surface area contributed by atoms with Gasteiger partial charge < -0.3 is 19.3 Å². The van der Waals surface area contributed by atoms with Gasteiger partial charge in [-0.15, -0.1) is 0 Å². The van der Waals surface area contributed by atoms with Crippen molar-refractivity contribution in [3.05, 3.63) is 114 Å². The summed E-state index contributed by atoms with van der Waals surface area (Å²) in [5.74, 6) is 0. The molecule has 0 amide bonds. The summed E-state index contributed by atoms with van der Waals surface area (Å²) in [7, 11) is 0. The normalized spacial score (nSPS) is 21.1. The van der Waals surface area contributed by atoms with E-state index < -0.39 is 0 Å². The van der Waals surface area contributed by atoms with Crippen LogP contribution in [0.3, 0.4) is 0 Å². The smallest absolute Gasteiger partial charge is 0.270 e. The van der Waals surface area contributed by atoms with E-state index in [1.54, 1.807) is 24.3 Å². The van der Waals surface area contributed by atoms with Crippen molar-refractivity contribution in [2.45, 2.75) is 25.7 Å². The Labute approximate surface area is 267 Å². The molecule has 0 unspecified atom stereocenters. The number of non-ortho nitro benzene ring substituents is 2. The Morgan fingerprint density at radius 2 is 1.04 bits per heavy atom. The molecular weight excluding hydrogens is 588 g/mol. The number of benzene rings is 2. The molecule has 2 aliphatic carbocycles. The van der Waals surface area contributed by atoms with Gasteiger partial charge in [-0.2, -0.15) is 10.2 Å². The monoisotopic (exact) mass is 624 g/mol. The van der Waals surface area contributed by atoms with Gasteiger partial charge in [0.05, 0.1) is 48.7 Å². The van der Waals surface area contributed by atoms with E-state index >= 15 is 0 Å². The third-order valence-electron chi connectivity index (χ3n) is 8.54. The minimum atomic E-state index is -0.373. The Hall–Kier alpha value is -4.94. The molecule has 0 aromatic heterocycles. The van der Waals surface area contributed by atoms with Gasteiger partial charge in [0, 0.05) is 61.8 Å². The maximum atomic E-state index is 11.3. The second-order valence-corrected chi connectivity index (χ2v) is 11.5. The van der Waals surface area contributed by atoms with Gasteiger partial charge >= 0.3 is 0 Å². The van der Waals surface area contributed by atoms with Crippen molar-refractivity contribution in [3.63, 3.8) is 0 Å². The Morgan fingerprint density at radius 3 is 1.43 bits per heavy atom. The van der Waals surface area contributed by atoms with Crippen LogP contribution in [0.4, 0.5) is 11.4 Å². The van der Waals surface area contributed by atoms with Gasteiger partial charge in [0.2, 0.25) is 0 Å². The van der Waals surface area contributed by atoms with Crippen molar-refractivity contribution in [1.29, 1.82) is 0 Å². The molecular formula is C34H36N6O6. The van der Waals surface area contributed by atoms with Gasteiger partial charge in [-0.1, -0.05) is 24.3 Å². The van der Waals surface area contributed by atoms with Crippen LogP contribution in [-0.2, 0) is 9.47 Å². The van der Waals surface area contributed by atoms with Crippen LogP contribution in [0, 0.1) is 20.2 Å². The van der Waals surface area contributed by atoms with E-state index in [2.05, 4.69) is 20.0 Å². The molecule has 2 aliphatic heterocycles. The zero-order valence-corrected chi connectivity index (χ0v) is 25.5. The average Bonchev–Trinajstić information content (AvgIpc) is 3.67. The standard InChI is InChI=1S/C34H36N6O6/c41-39(42)31-5-1-3-25(21-31)19-27-7-9-29(33(27)37-11-15-45-16-12-37)23-35-36-24-30-10-8-28(34(30)38-13-17-46-18-14-38)20-26-4-2-6-32(22-26)40(43)44/h1-6,19-24H,7-18H2/b27-19-,28-20+,35-23?,36-24+. The molecule has 12 nitrogen and oxygen atoms in total. The number of morpholine rings is 2. The molecule has 4 aliphatic rings. The zero-order chi connectivity index (χ0) is 31.9. The third kappa shape index (κ3) is 7.30. The van der Waals surface area contributed by atoms with Crippen molar-refractivity contribution in [2.75, 3.05) is 52.6 Å². The highest BCUT2D eigenvalue weighted by Crippen LogP contribution is 2.37. The second kappa shape index (κ2) is 14.4. The van der Waals surface area contributed by atoms with Gasteiger partial charge in [0.1, 0.15) is 0 Å². The van der Waals surface area contributed by atoms with E-state index in [4.69, 9.17) is 9.47 Å². The molecule has 0 spiro atoms. The summed E-state index contributed by atoms with van der Waals surface area (Å²) in [6, 6.07) is 13.4. The lowest BCUT2D eigenvalue weighted by molar-refractivity contribution is -0.385. The molecule has 6 rings (SSSR count). The summed E-state index contributed by atoms with van der Waals surface area (Å²) in [4.78, 5) is 26.5. The Bertz CT molecular complexity index is 1550.